The van der Waals surface area contributed by atoms with E-state index in [0.717, 1.165) is 44.6 Å². The summed E-state index contributed by atoms with van der Waals surface area (Å²) < 4.78 is 2.03. The Labute approximate surface area is 179 Å². The van der Waals surface area contributed by atoms with Gasteiger partial charge in [-0.2, -0.15) is 5.10 Å². The number of aryl methyl sites for hydroxylation is 2. The highest BCUT2D eigenvalue weighted by Gasteiger charge is 2.17. The molecule has 0 saturated heterocycles. The fourth-order valence-corrected chi connectivity index (χ4v) is 3.82. The lowest BCUT2D eigenvalue weighted by molar-refractivity contribution is -0.120. The highest BCUT2D eigenvalue weighted by Crippen LogP contribution is 2.26. The molecular formula is C25H23N5O. The van der Waals surface area contributed by atoms with Gasteiger partial charge in [0.25, 0.3) is 0 Å². The van der Waals surface area contributed by atoms with E-state index in [1.54, 1.807) is 6.20 Å². The minimum absolute atomic E-state index is 0.0404. The number of hydrogen-bond acceptors (Lipinski definition) is 3. The lowest BCUT2D eigenvalue weighted by Crippen LogP contribution is -2.25. The largest absolute Gasteiger partial charge is 0.352 e. The maximum atomic E-state index is 12.9. The zero-order valence-corrected chi connectivity index (χ0v) is 17.5. The molecule has 0 bridgehead atoms. The molecule has 6 heteroatoms. The number of fused-ring (bicyclic) bond motifs is 2. The van der Waals surface area contributed by atoms with Crippen LogP contribution in [0.15, 0.2) is 67.0 Å². The predicted molar refractivity (Wildman–Crippen MR) is 122 cm³/mol. The van der Waals surface area contributed by atoms with Gasteiger partial charge in [0.05, 0.1) is 29.5 Å². The van der Waals surface area contributed by atoms with E-state index in [-0.39, 0.29) is 12.3 Å². The Bertz CT molecular complexity index is 1400. The number of amides is 1. The fraction of sp³-hybridized carbons (Fsp3) is 0.160. The normalized spacial score (nSPS) is 11.3. The number of rotatable bonds is 5. The SMILES string of the molecule is Cc1ccc(-c2nc3ccc(C)cn3c2CC(=O)NCc2ccc3cn[nH]c3c2)cc1. The summed E-state index contributed by atoms with van der Waals surface area (Å²) in [6, 6.07) is 18.3. The molecule has 0 saturated carbocycles. The summed E-state index contributed by atoms with van der Waals surface area (Å²) in [5.41, 5.74) is 7.90. The summed E-state index contributed by atoms with van der Waals surface area (Å²) in [5.74, 6) is -0.0404. The number of H-pyrrole nitrogens is 1. The molecular weight excluding hydrogens is 386 g/mol. The van der Waals surface area contributed by atoms with Crippen molar-refractivity contribution in [2.75, 3.05) is 0 Å². The third-order valence-corrected chi connectivity index (χ3v) is 5.51. The van der Waals surface area contributed by atoms with Crippen LogP contribution in [-0.4, -0.2) is 25.5 Å². The number of benzene rings is 2. The van der Waals surface area contributed by atoms with Gasteiger partial charge in [0.15, 0.2) is 0 Å². The van der Waals surface area contributed by atoms with Crippen LogP contribution < -0.4 is 5.32 Å². The van der Waals surface area contributed by atoms with Gasteiger partial charge < -0.3 is 9.72 Å². The van der Waals surface area contributed by atoms with Crippen molar-refractivity contribution in [2.24, 2.45) is 0 Å². The Balaban J connectivity index is 1.42. The lowest BCUT2D eigenvalue weighted by Gasteiger charge is -2.08. The second kappa shape index (κ2) is 7.72. The van der Waals surface area contributed by atoms with E-state index >= 15 is 0 Å². The van der Waals surface area contributed by atoms with Gasteiger partial charge in [0.2, 0.25) is 5.91 Å². The Kier molecular flexibility index (Phi) is 4.75. The monoisotopic (exact) mass is 409 g/mol. The van der Waals surface area contributed by atoms with E-state index < -0.39 is 0 Å². The molecule has 0 fully saturated rings. The first-order valence-corrected chi connectivity index (χ1v) is 10.3. The fourth-order valence-electron chi connectivity index (χ4n) is 3.82. The highest BCUT2D eigenvalue weighted by atomic mass is 16.1. The first kappa shape index (κ1) is 19.1. The molecule has 154 valence electrons. The number of aromatic nitrogens is 4. The lowest BCUT2D eigenvalue weighted by atomic mass is 10.1. The first-order chi connectivity index (χ1) is 15.1. The van der Waals surface area contributed by atoms with Crippen LogP contribution in [-0.2, 0) is 17.8 Å². The zero-order chi connectivity index (χ0) is 21.4. The topological polar surface area (TPSA) is 75.1 Å². The molecule has 31 heavy (non-hydrogen) atoms. The second-order valence-electron chi connectivity index (χ2n) is 7.95. The molecule has 3 aromatic heterocycles. The van der Waals surface area contributed by atoms with Crippen LogP contribution in [0.4, 0.5) is 0 Å². The van der Waals surface area contributed by atoms with Crippen LogP contribution >= 0.6 is 0 Å². The Morgan fingerprint density at radius 2 is 1.84 bits per heavy atom. The predicted octanol–water partition coefficient (Wildman–Crippen LogP) is 4.35. The Morgan fingerprint density at radius 3 is 2.68 bits per heavy atom. The van der Waals surface area contributed by atoms with Crippen molar-refractivity contribution in [1.82, 2.24) is 24.9 Å². The van der Waals surface area contributed by atoms with Crippen LogP contribution in [0.3, 0.4) is 0 Å². The highest BCUT2D eigenvalue weighted by molar-refractivity contribution is 5.82. The van der Waals surface area contributed by atoms with Crippen molar-refractivity contribution in [1.29, 1.82) is 0 Å². The number of pyridine rings is 1. The maximum Gasteiger partial charge on any atom is 0.226 e. The first-order valence-electron chi connectivity index (χ1n) is 10.3. The van der Waals surface area contributed by atoms with Crippen LogP contribution in [0.25, 0.3) is 27.8 Å². The molecule has 5 aromatic rings. The van der Waals surface area contributed by atoms with E-state index in [0.29, 0.717) is 6.54 Å². The molecule has 6 nitrogen and oxygen atoms in total. The molecule has 0 atom stereocenters. The quantitative estimate of drug-likeness (QED) is 0.453. The van der Waals surface area contributed by atoms with Gasteiger partial charge in [-0.1, -0.05) is 48.0 Å². The minimum atomic E-state index is -0.0404. The van der Waals surface area contributed by atoms with Gasteiger partial charge in [0.1, 0.15) is 5.65 Å². The van der Waals surface area contributed by atoms with Crippen LogP contribution in [0.1, 0.15) is 22.4 Å². The van der Waals surface area contributed by atoms with E-state index in [1.807, 2.05) is 47.9 Å². The summed E-state index contributed by atoms with van der Waals surface area (Å²) in [7, 11) is 0. The number of carbonyl (C=O) groups excluding carboxylic acids is 1. The third kappa shape index (κ3) is 3.80. The van der Waals surface area contributed by atoms with Crippen LogP contribution in [0, 0.1) is 13.8 Å². The molecule has 0 aliphatic rings. The molecule has 2 N–H and O–H groups in total. The smallest absolute Gasteiger partial charge is 0.226 e. The number of imidazole rings is 1. The van der Waals surface area contributed by atoms with Crippen molar-refractivity contribution in [2.45, 2.75) is 26.8 Å². The van der Waals surface area contributed by atoms with Gasteiger partial charge in [-0.15, -0.1) is 0 Å². The summed E-state index contributed by atoms with van der Waals surface area (Å²) in [4.78, 5) is 17.7. The summed E-state index contributed by atoms with van der Waals surface area (Å²) in [6.07, 6.45) is 4.08. The summed E-state index contributed by atoms with van der Waals surface area (Å²) >= 11 is 0. The van der Waals surface area contributed by atoms with Crippen molar-refractivity contribution in [3.05, 3.63) is 89.4 Å². The van der Waals surface area contributed by atoms with Gasteiger partial charge in [0, 0.05) is 23.7 Å². The number of nitrogens with one attached hydrogen (secondary N) is 2. The summed E-state index contributed by atoms with van der Waals surface area (Å²) in [6.45, 7) is 4.57. The Morgan fingerprint density at radius 1 is 1.03 bits per heavy atom. The van der Waals surface area contributed by atoms with E-state index in [9.17, 15) is 4.79 Å². The zero-order valence-electron chi connectivity index (χ0n) is 17.5. The van der Waals surface area contributed by atoms with E-state index in [1.165, 1.54) is 5.56 Å². The van der Waals surface area contributed by atoms with Crippen molar-refractivity contribution < 1.29 is 4.79 Å². The van der Waals surface area contributed by atoms with Gasteiger partial charge in [-0.25, -0.2) is 4.98 Å². The molecule has 0 unspecified atom stereocenters. The number of hydrogen-bond donors (Lipinski definition) is 2. The molecule has 1 amide bonds. The number of aromatic amines is 1. The van der Waals surface area contributed by atoms with Crippen molar-refractivity contribution in [3.63, 3.8) is 0 Å². The van der Waals surface area contributed by atoms with E-state index in [2.05, 4.69) is 46.7 Å². The molecule has 0 spiro atoms. The standard InChI is InChI=1S/C25H23N5O/c1-16-3-7-19(8-4-16)25-22(30-15-17(2)5-10-23(30)28-25)12-24(31)26-13-18-6-9-20-14-27-29-21(20)11-18/h3-11,14-15H,12-13H2,1-2H3,(H,26,31)(H,27,29). The molecule has 0 radical (unpaired) electrons. The van der Waals surface area contributed by atoms with Crippen molar-refractivity contribution >= 4 is 22.5 Å². The van der Waals surface area contributed by atoms with E-state index in [4.69, 9.17) is 4.98 Å². The average Bonchev–Trinajstić information content (AvgIpc) is 3.37. The number of nitrogens with zero attached hydrogens (tertiary/aromatic N) is 3. The third-order valence-electron chi connectivity index (χ3n) is 5.51. The van der Waals surface area contributed by atoms with Crippen LogP contribution in [0.5, 0.6) is 0 Å². The molecule has 2 aromatic carbocycles. The molecule has 0 aliphatic heterocycles. The maximum absolute atomic E-state index is 12.9. The summed E-state index contributed by atoms with van der Waals surface area (Å²) in [5, 5.41) is 11.1. The van der Waals surface area contributed by atoms with Gasteiger partial charge >= 0.3 is 0 Å². The average molecular weight is 409 g/mol. The van der Waals surface area contributed by atoms with Gasteiger partial charge in [-0.05, 0) is 37.1 Å². The minimum Gasteiger partial charge on any atom is -0.352 e. The second-order valence-corrected chi connectivity index (χ2v) is 7.95. The van der Waals surface area contributed by atoms with Gasteiger partial charge in [-0.3, -0.25) is 9.89 Å². The Hall–Kier alpha value is -3.93. The molecule has 5 rings (SSSR count). The molecule has 3 heterocycles. The number of carbonyl (C=O) groups is 1. The van der Waals surface area contributed by atoms with Crippen molar-refractivity contribution in [3.8, 4) is 11.3 Å². The molecule has 0 aliphatic carbocycles. The van der Waals surface area contributed by atoms with Crippen LogP contribution in [0.2, 0.25) is 0 Å².